The average Bonchev–Trinajstić information content (AvgIpc) is 2.41. The van der Waals surface area contributed by atoms with E-state index in [1.165, 1.54) is 31.6 Å². The van der Waals surface area contributed by atoms with E-state index in [9.17, 15) is 0 Å². The molecule has 0 saturated carbocycles. The number of hydrogen-bond acceptors (Lipinski definition) is 2. The quantitative estimate of drug-likeness (QED) is 0.762. The Morgan fingerprint density at radius 3 is 2.63 bits per heavy atom. The standard InChI is InChI=1S/C15H22BrClN2/c1-18-7-5-12(6-8-18)11-19(2)14-4-3-13(10-17)15(16)9-14/h3-4,9,12H,5-8,10-11H2,1-2H3. The van der Waals surface area contributed by atoms with Crippen molar-refractivity contribution in [2.75, 3.05) is 38.6 Å². The Morgan fingerprint density at radius 2 is 2.05 bits per heavy atom. The molecule has 19 heavy (non-hydrogen) atoms. The molecular weight excluding hydrogens is 324 g/mol. The molecule has 1 fully saturated rings. The largest absolute Gasteiger partial charge is 0.374 e. The second kappa shape index (κ2) is 6.96. The third-order valence-corrected chi connectivity index (χ3v) is 5.02. The summed E-state index contributed by atoms with van der Waals surface area (Å²) in [7, 11) is 4.39. The fourth-order valence-corrected chi connectivity index (χ4v) is 3.52. The molecule has 1 heterocycles. The predicted octanol–water partition coefficient (Wildman–Crippen LogP) is 3.97. The van der Waals surface area contributed by atoms with Crippen molar-refractivity contribution in [2.24, 2.45) is 5.92 Å². The summed E-state index contributed by atoms with van der Waals surface area (Å²) in [6.07, 6.45) is 2.61. The summed E-state index contributed by atoms with van der Waals surface area (Å²) in [5.41, 5.74) is 2.41. The summed E-state index contributed by atoms with van der Waals surface area (Å²) in [4.78, 5) is 4.78. The Hall–Kier alpha value is -0.250. The maximum Gasteiger partial charge on any atom is 0.0485 e. The van der Waals surface area contributed by atoms with Crippen LogP contribution in [0.3, 0.4) is 0 Å². The smallest absolute Gasteiger partial charge is 0.0485 e. The van der Waals surface area contributed by atoms with Gasteiger partial charge in [0.2, 0.25) is 0 Å². The fraction of sp³-hybridized carbons (Fsp3) is 0.600. The van der Waals surface area contributed by atoms with Crippen LogP contribution in [0.2, 0.25) is 0 Å². The van der Waals surface area contributed by atoms with Gasteiger partial charge in [0.05, 0.1) is 0 Å². The van der Waals surface area contributed by atoms with Gasteiger partial charge >= 0.3 is 0 Å². The normalized spacial score (nSPS) is 17.7. The van der Waals surface area contributed by atoms with Crippen molar-refractivity contribution in [1.29, 1.82) is 0 Å². The zero-order valence-electron chi connectivity index (χ0n) is 11.7. The Labute approximate surface area is 129 Å². The number of piperidine rings is 1. The van der Waals surface area contributed by atoms with Gasteiger partial charge in [0.25, 0.3) is 0 Å². The van der Waals surface area contributed by atoms with Gasteiger partial charge in [-0.25, -0.2) is 0 Å². The fourth-order valence-electron chi connectivity index (χ4n) is 2.62. The topological polar surface area (TPSA) is 6.48 Å². The maximum atomic E-state index is 5.89. The maximum absolute atomic E-state index is 5.89. The molecule has 4 heteroatoms. The van der Waals surface area contributed by atoms with Crippen molar-refractivity contribution < 1.29 is 0 Å². The summed E-state index contributed by atoms with van der Waals surface area (Å²) in [5.74, 6) is 1.37. The van der Waals surface area contributed by atoms with Crippen LogP contribution >= 0.6 is 27.5 Å². The van der Waals surface area contributed by atoms with E-state index in [0.717, 1.165) is 22.5 Å². The summed E-state index contributed by atoms with van der Waals surface area (Å²) in [6, 6.07) is 6.45. The highest BCUT2D eigenvalue weighted by molar-refractivity contribution is 9.10. The number of benzene rings is 1. The minimum atomic E-state index is 0.555. The third-order valence-electron chi connectivity index (χ3n) is 3.99. The van der Waals surface area contributed by atoms with Crippen LogP contribution in [0.1, 0.15) is 18.4 Å². The van der Waals surface area contributed by atoms with Gasteiger partial charge in [0.1, 0.15) is 0 Å². The van der Waals surface area contributed by atoms with Gasteiger partial charge in [-0.2, -0.15) is 0 Å². The van der Waals surface area contributed by atoms with Gasteiger partial charge in [0.15, 0.2) is 0 Å². The summed E-state index contributed by atoms with van der Waals surface area (Å²) in [6.45, 7) is 3.60. The zero-order chi connectivity index (χ0) is 13.8. The number of likely N-dealkylation sites (tertiary alicyclic amines) is 1. The van der Waals surface area contributed by atoms with E-state index in [-0.39, 0.29) is 0 Å². The van der Waals surface area contributed by atoms with E-state index < -0.39 is 0 Å². The minimum Gasteiger partial charge on any atom is -0.374 e. The highest BCUT2D eigenvalue weighted by atomic mass is 79.9. The van der Waals surface area contributed by atoms with Gasteiger partial charge in [-0.1, -0.05) is 22.0 Å². The van der Waals surface area contributed by atoms with Crippen molar-refractivity contribution >= 4 is 33.2 Å². The van der Waals surface area contributed by atoms with Crippen LogP contribution in [0.5, 0.6) is 0 Å². The highest BCUT2D eigenvalue weighted by Gasteiger charge is 2.18. The molecule has 2 nitrogen and oxygen atoms in total. The number of anilines is 1. The Bertz CT molecular complexity index is 417. The zero-order valence-corrected chi connectivity index (χ0v) is 14.0. The molecule has 0 spiro atoms. The van der Waals surface area contributed by atoms with Gasteiger partial charge in [-0.3, -0.25) is 0 Å². The third kappa shape index (κ3) is 4.11. The van der Waals surface area contributed by atoms with Crippen molar-refractivity contribution in [2.45, 2.75) is 18.7 Å². The number of hydrogen-bond donors (Lipinski definition) is 0. The van der Waals surface area contributed by atoms with E-state index in [0.29, 0.717) is 5.88 Å². The number of rotatable bonds is 4. The van der Waals surface area contributed by atoms with Crippen molar-refractivity contribution in [3.63, 3.8) is 0 Å². The molecule has 0 bridgehead atoms. The number of halogens is 2. The predicted molar refractivity (Wildman–Crippen MR) is 87.2 cm³/mol. The van der Waals surface area contributed by atoms with Gasteiger partial charge in [-0.05, 0) is 56.6 Å². The van der Waals surface area contributed by atoms with Crippen LogP contribution in [-0.2, 0) is 5.88 Å². The molecule has 2 rings (SSSR count). The number of nitrogens with zero attached hydrogens (tertiary/aromatic N) is 2. The van der Waals surface area contributed by atoms with Crippen LogP contribution in [0.15, 0.2) is 22.7 Å². The van der Waals surface area contributed by atoms with E-state index in [1.807, 2.05) is 0 Å². The summed E-state index contributed by atoms with van der Waals surface area (Å²) >= 11 is 9.48. The van der Waals surface area contributed by atoms with E-state index in [4.69, 9.17) is 11.6 Å². The van der Waals surface area contributed by atoms with Crippen molar-refractivity contribution in [3.05, 3.63) is 28.2 Å². The van der Waals surface area contributed by atoms with Crippen LogP contribution in [0.25, 0.3) is 0 Å². The molecule has 1 aromatic rings. The first-order chi connectivity index (χ1) is 9.10. The molecule has 1 saturated heterocycles. The second-order valence-corrected chi connectivity index (χ2v) is 6.66. The Kier molecular flexibility index (Phi) is 5.55. The number of alkyl halides is 1. The molecule has 1 aliphatic heterocycles. The molecule has 0 unspecified atom stereocenters. The molecule has 0 radical (unpaired) electrons. The van der Waals surface area contributed by atoms with Crippen molar-refractivity contribution in [1.82, 2.24) is 4.90 Å². The van der Waals surface area contributed by atoms with Gasteiger partial charge in [-0.15, -0.1) is 11.6 Å². The van der Waals surface area contributed by atoms with Gasteiger partial charge in [0, 0.05) is 29.6 Å². The van der Waals surface area contributed by atoms with E-state index >= 15 is 0 Å². The average molecular weight is 346 g/mol. The molecule has 0 aromatic heterocycles. The lowest BCUT2D eigenvalue weighted by molar-refractivity contribution is 0.222. The summed E-state index contributed by atoms with van der Waals surface area (Å²) in [5, 5.41) is 0. The first-order valence-corrected chi connectivity index (χ1v) is 8.17. The molecule has 0 atom stereocenters. The molecule has 0 N–H and O–H groups in total. The summed E-state index contributed by atoms with van der Waals surface area (Å²) < 4.78 is 1.11. The van der Waals surface area contributed by atoms with Crippen molar-refractivity contribution in [3.8, 4) is 0 Å². The van der Waals surface area contributed by atoms with Crippen LogP contribution in [-0.4, -0.2) is 38.6 Å². The minimum absolute atomic E-state index is 0.555. The first-order valence-electron chi connectivity index (χ1n) is 6.84. The lowest BCUT2D eigenvalue weighted by atomic mass is 9.96. The monoisotopic (exact) mass is 344 g/mol. The molecule has 1 aliphatic rings. The first kappa shape index (κ1) is 15.1. The molecule has 0 amide bonds. The van der Waals surface area contributed by atoms with Crippen LogP contribution in [0, 0.1) is 5.92 Å². The molecule has 0 aliphatic carbocycles. The molecule has 106 valence electrons. The van der Waals surface area contributed by atoms with E-state index in [2.05, 4.69) is 58.0 Å². The molecule has 1 aromatic carbocycles. The van der Waals surface area contributed by atoms with E-state index in [1.54, 1.807) is 0 Å². The van der Waals surface area contributed by atoms with Crippen LogP contribution in [0.4, 0.5) is 5.69 Å². The SMILES string of the molecule is CN1CCC(CN(C)c2ccc(CCl)c(Br)c2)CC1. The Balaban J connectivity index is 1.96. The lowest BCUT2D eigenvalue weighted by Gasteiger charge is -2.32. The molecular formula is C15H22BrClN2. The second-order valence-electron chi connectivity index (χ2n) is 5.54. The van der Waals surface area contributed by atoms with Crippen LogP contribution < -0.4 is 4.90 Å². The highest BCUT2D eigenvalue weighted by Crippen LogP contribution is 2.26. The lowest BCUT2D eigenvalue weighted by Crippen LogP contribution is -2.35. The Morgan fingerprint density at radius 1 is 1.37 bits per heavy atom. The van der Waals surface area contributed by atoms with Gasteiger partial charge < -0.3 is 9.80 Å².